The molecule has 0 aliphatic heterocycles. The second kappa shape index (κ2) is 8.84. The molecule has 0 spiro atoms. The van der Waals surface area contributed by atoms with Crippen molar-refractivity contribution in [2.75, 3.05) is 0 Å². The van der Waals surface area contributed by atoms with Crippen LogP contribution in [-0.2, 0) is 10.0 Å². The summed E-state index contributed by atoms with van der Waals surface area (Å²) in [6, 6.07) is 9.26. The molecule has 1 aliphatic rings. The van der Waals surface area contributed by atoms with Gasteiger partial charge in [-0.3, -0.25) is 10.1 Å². The highest BCUT2D eigenvalue weighted by atomic mass is 32.2. The van der Waals surface area contributed by atoms with Gasteiger partial charge in [0.2, 0.25) is 10.0 Å². The van der Waals surface area contributed by atoms with E-state index >= 15 is 0 Å². The topological polar surface area (TPSA) is 89.3 Å². The quantitative estimate of drug-likeness (QED) is 0.361. The van der Waals surface area contributed by atoms with Gasteiger partial charge in [0.25, 0.3) is 5.69 Å². The number of hydrogen-bond acceptors (Lipinski definition) is 4. The van der Waals surface area contributed by atoms with E-state index in [0.29, 0.717) is 11.5 Å². The summed E-state index contributed by atoms with van der Waals surface area (Å²) in [5.74, 6) is 0.330. The minimum atomic E-state index is -3.85. The van der Waals surface area contributed by atoms with Crippen LogP contribution in [0.2, 0.25) is 0 Å². The molecule has 2 aromatic rings. The summed E-state index contributed by atoms with van der Waals surface area (Å²) < 4.78 is 40.8. The van der Waals surface area contributed by atoms with Crippen molar-refractivity contribution in [2.24, 2.45) is 5.92 Å². The number of rotatable bonds is 9. The van der Waals surface area contributed by atoms with Crippen LogP contribution >= 0.6 is 0 Å². The maximum atomic E-state index is 13.0. The molecule has 8 heteroatoms. The van der Waals surface area contributed by atoms with Gasteiger partial charge in [0, 0.05) is 12.1 Å². The van der Waals surface area contributed by atoms with E-state index in [4.69, 9.17) is 0 Å². The number of sulfonamides is 1. The highest BCUT2D eigenvalue weighted by Gasteiger charge is 2.25. The van der Waals surface area contributed by atoms with Gasteiger partial charge in [-0.25, -0.2) is 17.5 Å². The monoisotopic (exact) mass is 418 g/mol. The lowest BCUT2D eigenvalue weighted by molar-refractivity contribution is -0.385. The van der Waals surface area contributed by atoms with Crippen molar-refractivity contribution in [1.29, 1.82) is 0 Å². The Morgan fingerprint density at radius 3 is 2.52 bits per heavy atom. The summed E-state index contributed by atoms with van der Waals surface area (Å²) in [5, 5.41) is 11.5. The number of nitrogens with one attached hydrogen (secondary N) is 1. The lowest BCUT2D eigenvalue weighted by Crippen LogP contribution is -2.32. The van der Waals surface area contributed by atoms with Crippen LogP contribution in [0.15, 0.2) is 47.4 Å². The molecular formula is C21H23FN2O4S. The van der Waals surface area contributed by atoms with Crippen molar-refractivity contribution in [3.05, 3.63) is 69.5 Å². The highest BCUT2D eigenvalue weighted by Crippen LogP contribution is 2.34. The second-order valence-corrected chi connectivity index (χ2v) is 9.12. The van der Waals surface area contributed by atoms with Crippen LogP contribution in [-0.4, -0.2) is 19.4 Å². The standard InChI is InChI=1S/C21H23FN2O4S/c1-15(2-3-16-4-5-16)23-29(27,28)20-13-10-18(21(14-20)24(25)26)9-6-17-7-11-19(22)12-8-17/h6-16,23H,2-5H2,1H3/b9-6+. The summed E-state index contributed by atoms with van der Waals surface area (Å²) in [5.41, 5.74) is 0.625. The van der Waals surface area contributed by atoms with E-state index in [-0.39, 0.29) is 28.0 Å². The molecule has 6 nitrogen and oxygen atoms in total. The molecule has 0 radical (unpaired) electrons. The van der Waals surface area contributed by atoms with Gasteiger partial charge in [0.1, 0.15) is 5.82 Å². The third-order valence-electron chi connectivity index (χ3n) is 4.90. The lowest BCUT2D eigenvalue weighted by Gasteiger charge is -2.14. The van der Waals surface area contributed by atoms with E-state index in [9.17, 15) is 22.9 Å². The van der Waals surface area contributed by atoms with Crippen molar-refractivity contribution < 1.29 is 17.7 Å². The Hall–Kier alpha value is -2.58. The zero-order chi connectivity index (χ0) is 21.0. The van der Waals surface area contributed by atoms with E-state index < -0.39 is 14.9 Å². The molecule has 0 bridgehead atoms. The zero-order valence-electron chi connectivity index (χ0n) is 16.0. The molecule has 1 saturated carbocycles. The molecule has 29 heavy (non-hydrogen) atoms. The van der Waals surface area contributed by atoms with Crippen LogP contribution in [0.4, 0.5) is 10.1 Å². The summed E-state index contributed by atoms with van der Waals surface area (Å²) in [6.45, 7) is 1.80. The van der Waals surface area contributed by atoms with Crippen LogP contribution in [0.25, 0.3) is 12.2 Å². The van der Waals surface area contributed by atoms with Crippen molar-refractivity contribution in [3.63, 3.8) is 0 Å². The Morgan fingerprint density at radius 2 is 1.90 bits per heavy atom. The molecule has 1 unspecified atom stereocenters. The van der Waals surface area contributed by atoms with Crippen LogP contribution in [0.5, 0.6) is 0 Å². The fourth-order valence-corrected chi connectivity index (χ4v) is 4.33. The number of nitrogens with zero attached hydrogens (tertiary/aromatic N) is 1. The maximum absolute atomic E-state index is 13.0. The molecule has 1 N–H and O–H groups in total. The van der Waals surface area contributed by atoms with Gasteiger partial charge < -0.3 is 0 Å². The molecule has 1 fully saturated rings. The van der Waals surface area contributed by atoms with Crippen LogP contribution in [0.1, 0.15) is 43.7 Å². The first-order chi connectivity index (χ1) is 13.7. The van der Waals surface area contributed by atoms with Crippen LogP contribution in [0, 0.1) is 21.8 Å². The van der Waals surface area contributed by atoms with E-state index in [1.54, 1.807) is 25.1 Å². The minimum Gasteiger partial charge on any atom is -0.258 e. The summed E-state index contributed by atoms with van der Waals surface area (Å²) in [6.07, 6.45) is 7.25. The Balaban J connectivity index is 1.78. The molecular weight excluding hydrogens is 395 g/mol. The van der Waals surface area contributed by atoms with Gasteiger partial charge in [0.05, 0.1) is 15.4 Å². The van der Waals surface area contributed by atoms with E-state index in [1.165, 1.54) is 43.2 Å². The Morgan fingerprint density at radius 1 is 1.21 bits per heavy atom. The molecule has 1 atom stereocenters. The predicted molar refractivity (Wildman–Crippen MR) is 110 cm³/mol. The Bertz CT molecular complexity index is 1020. The smallest absolute Gasteiger partial charge is 0.258 e. The molecule has 1 aliphatic carbocycles. The van der Waals surface area contributed by atoms with Gasteiger partial charge in [0.15, 0.2) is 0 Å². The molecule has 0 aromatic heterocycles. The third-order valence-corrected chi connectivity index (χ3v) is 6.48. The predicted octanol–water partition coefficient (Wildman–Crippen LogP) is 4.76. The largest absolute Gasteiger partial charge is 0.277 e. The average Bonchev–Trinajstić information content (AvgIpc) is 3.50. The molecule has 0 heterocycles. The minimum absolute atomic E-state index is 0.138. The van der Waals surface area contributed by atoms with Gasteiger partial charge >= 0.3 is 0 Å². The van der Waals surface area contributed by atoms with Crippen molar-refractivity contribution in [2.45, 2.75) is 43.5 Å². The first-order valence-corrected chi connectivity index (χ1v) is 11.0. The average molecular weight is 418 g/mol. The summed E-state index contributed by atoms with van der Waals surface area (Å²) >= 11 is 0. The molecule has 154 valence electrons. The molecule has 0 amide bonds. The molecule has 0 saturated heterocycles. The Kier molecular flexibility index (Phi) is 6.44. The number of nitro benzene ring substituents is 1. The molecule has 3 rings (SSSR count). The maximum Gasteiger partial charge on any atom is 0.277 e. The number of hydrogen-bond donors (Lipinski definition) is 1. The first-order valence-electron chi connectivity index (χ1n) is 9.49. The zero-order valence-corrected chi connectivity index (χ0v) is 16.9. The fourth-order valence-electron chi connectivity index (χ4n) is 3.03. The number of benzene rings is 2. The second-order valence-electron chi connectivity index (χ2n) is 7.41. The summed E-state index contributed by atoms with van der Waals surface area (Å²) in [7, 11) is -3.85. The SMILES string of the molecule is CC(CCC1CC1)NS(=O)(=O)c1ccc(/C=C/c2ccc(F)cc2)c([N+](=O)[O-])c1. The molecule has 2 aromatic carbocycles. The lowest BCUT2D eigenvalue weighted by atomic mass is 10.1. The van der Waals surface area contributed by atoms with Crippen molar-refractivity contribution in [3.8, 4) is 0 Å². The van der Waals surface area contributed by atoms with Gasteiger partial charge in [-0.1, -0.05) is 31.1 Å². The van der Waals surface area contributed by atoms with Crippen LogP contribution < -0.4 is 4.72 Å². The first kappa shape index (κ1) is 21.1. The van der Waals surface area contributed by atoms with Gasteiger partial charge in [-0.05, 0) is 61.6 Å². The fraction of sp³-hybridized carbons (Fsp3) is 0.333. The van der Waals surface area contributed by atoms with Crippen molar-refractivity contribution >= 4 is 27.9 Å². The highest BCUT2D eigenvalue weighted by molar-refractivity contribution is 7.89. The van der Waals surface area contributed by atoms with E-state index in [1.807, 2.05) is 0 Å². The number of nitro groups is 1. The Labute approximate surface area is 169 Å². The van der Waals surface area contributed by atoms with E-state index in [2.05, 4.69) is 4.72 Å². The van der Waals surface area contributed by atoms with Crippen molar-refractivity contribution in [1.82, 2.24) is 4.72 Å². The number of halogens is 1. The summed E-state index contributed by atoms with van der Waals surface area (Å²) in [4.78, 5) is 10.7. The third kappa shape index (κ3) is 5.95. The van der Waals surface area contributed by atoms with Crippen LogP contribution in [0.3, 0.4) is 0 Å². The van der Waals surface area contributed by atoms with E-state index in [0.717, 1.165) is 18.9 Å². The normalized spacial score (nSPS) is 15.5. The van der Waals surface area contributed by atoms with Gasteiger partial charge in [-0.2, -0.15) is 0 Å². The van der Waals surface area contributed by atoms with Gasteiger partial charge in [-0.15, -0.1) is 0 Å².